The summed E-state index contributed by atoms with van der Waals surface area (Å²) in [6, 6.07) is 9.50. The van der Waals surface area contributed by atoms with E-state index in [4.69, 9.17) is 35.2 Å². The van der Waals surface area contributed by atoms with Crippen LogP contribution in [0.1, 0.15) is 0 Å². The van der Waals surface area contributed by atoms with Gasteiger partial charge in [0.1, 0.15) is 0 Å². The Balaban J connectivity index is 2.12. The number of rotatable bonds is 1. The molecule has 0 saturated carbocycles. The van der Waals surface area contributed by atoms with Gasteiger partial charge in [0.15, 0.2) is 22.5 Å². The van der Waals surface area contributed by atoms with Crippen LogP contribution in [-0.2, 0) is 0 Å². The van der Waals surface area contributed by atoms with Crippen LogP contribution in [0, 0.1) is 0 Å². The maximum absolute atomic E-state index is 6.08. The number of fused-ring (bicyclic) bond motifs is 1. The van der Waals surface area contributed by atoms with Gasteiger partial charge in [0.25, 0.3) is 0 Å². The number of anilines is 2. The maximum Gasteiger partial charge on any atom is 0.175 e. The second-order valence-corrected chi connectivity index (χ2v) is 4.53. The summed E-state index contributed by atoms with van der Waals surface area (Å²) >= 11 is 17.8. The number of benzene rings is 1. The van der Waals surface area contributed by atoms with E-state index in [0.717, 1.165) is 14.7 Å². The molecular weight excluding hydrogens is 297 g/mol. The van der Waals surface area contributed by atoms with E-state index >= 15 is 0 Å². The first-order valence-electron chi connectivity index (χ1n) is 4.98. The minimum Gasteiger partial charge on any atom is -0.267 e. The van der Waals surface area contributed by atoms with Gasteiger partial charge < -0.3 is 0 Å². The number of aromatic nitrogens is 2. The zero-order valence-corrected chi connectivity index (χ0v) is 11.1. The molecule has 0 spiro atoms. The van der Waals surface area contributed by atoms with Crippen LogP contribution in [0.4, 0.5) is 11.5 Å². The molecule has 1 aromatic carbocycles. The zero-order chi connectivity index (χ0) is 12.7. The quantitative estimate of drug-likeness (QED) is 0.645. The van der Waals surface area contributed by atoms with Gasteiger partial charge in [-0.15, -0.1) is 0 Å². The molecule has 1 aliphatic heterocycles. The molecule has 5 nitrogen and oxygen atoms in total. The largest absolute Gasteiger partial charge is 0.267 e. The van der Waals surface area contributed by atoms with E-state index in [9.17, 15) is 0 Å². The van der Waals surface area contributed by atoms with Gasteiger partial charge in [0, 0.05) is 29.1 Å². The van der Waals surface area contributed by atoms with E-state index in [1.165, 1.54) is 0 Å². The van der Waals surface area contributed by atoms with Crippen LogP contribution >= 0.6 is 35.2 Å². The average Bonchev–Trinajstić information content (AvgIpc) is 2.66. The number of nitrogens with one attached hydrogen (secondary N) is 1. The first kappa shape index (κ1) is 11.8. The molecule has 2 aromatic rings. The van der Waals surface area contributed by atoms with Crippen molar-refractivity contribution in [3.05, 3.63) is 35.5 Å². The first-order chi connectivity index (χ1) is 8.66. The summed E-state index contributed by atoms with van der Waals surface area (Å²) in [4.78, 5) is 8.53. The molecule has 8 heteroatoms. The molecule has 1 aliphatic rings. The van der Waals surface area contributed by atoms with Crippen molar-refractivity contribution in [2.45, 2.75) is 0 Å². The lowest BCUT2D eigenvalue weighted by atomic mass is 10.2. The summed E-state index contributed by atoms with van der Waals surface area (Å²) in [5.74, 6) is 0.961. The van der Waals surface area contributed by atoms with E-state index in [1.807, 2.05) is 30.3 Å². The van der Waals surface area contributed by atoms with E-state index in [2.05, 4.69) is 15.4 Å². The lowest BCUT2D eigenvalue weighted by Gasteiger charge is -2.12. The zero-order valence-electron chi connectivity index (χ0n) is 8.81. The van der Waals surface area contributed by atoms with Crippen molar-refractivity contribution in [1.29, 1.82) is 0 Å². The van der Waals surface area contributed by atoms with Gasteiger partial charge in [0.05, 0.1) is 0 Å². The van der Waals surface area contributed by atoms with Crippen molar-refractivity contribution in [1.82, 2.24) is 14.6 Å². The molecular formula is C10H6Cl3N5. The topological polar surface area (TPSA) is 44.3 Å². The van der Waals surface area contributed by atoms with E-state index in [0.29, 0.717) is 17.3 Å². The third-order valence-corrected chi connectivity index (χ3v) is 3.31. The Kier molecular flexibility index (Phi) is 2.91. The molecule has 0 radical (unpaired) electrons. The van der Waals surface area contributed by atoms with Crippen molar-refractivity contribution in [2.75, 3.05) is 9.95 Å². The predicted octanol–water partition coefficient (Wildman–Crippen LogP) is 3.47. The van der Waals surface area contributed by atoms with Crippen molar-refractivity contribution in [2.24, 2.45) is 0 Å². The molecule has 0 atom stereocenters. The highest BCUT2D eigenvalue weighted by Crippen LogP contribution is 2.40. The summed E-state index contributed by atoms with van der Waals surface area (Å²) in [6.45, 7) is 0. The second-order valence-electron chi connectivity index (χ2n) is 3.53. The molecule has 1 N–H and O–H groups in total. The van der Waals surface area contributed by atoms with Gasteiger partial charge in [-0.2, -0.15) is 4.53 Å². The third kappa shape index (κ3) is 1.85. The van der Waals surface area contributed by atoms with Gasteiger partial charge in [-0.3, -0.25) is 5.43 Å². The third-order valence-electron chi connectivity index (χ3n) is 2.41. The standard InChI is InChI=1S/C10H6Cl3N5/c11-8-7-10(16-18(13)17(7)12)15-9(14-8)6-4-2-1-3-5-6/h1-5H,(H,14,15,16). The Bertz CT molecular complexity index is 592. The smallest absolute Gasteiger partial charge is 0.175 e. The first-order valence-corrected chi connectivity index (χ1v) is 6.03. The Labute approximate surface area is 118 Å². The minimum atomic E-state index is 0.226. The van der Waals surface area contributed by atoms with Crippen molar-refractivity contribution < 1.29 is 0 Å². The molecule has 3 rings (SSSR count). The van der Waals surface area contributed by atoms with Crippen LogP contribution in [-0.4, -0.2) is 14.6 Å². The van der Waals surface area contributed by atoms with Crippen molar-refractivity contribution >= 4 is 46.7 Å². The Morgan fingerprint density at radius 2 is 1.78 bits per heavy atom. The predicted molar refractivity (Wildman–Crippen MR) is 72.1 cm³/mol. The Morgan fingerprint density at radius 3 is 2.50 bits per heavy atom. The van der Waals surface area contributed by atoms with E-state index in [-0.39, 0.29) is 5.15 Å². The van der Waals surface area contributed by atoms with Crippen LogP contribution in [0.3, 0.4) is 0 Å². The van der Waals surface area contributed by atoms with Gasteiger partial charge >= 0.3 is 0 Å². The highest BCUT2D eigenvalue weighted by molar-refractivity contribution is 6.38. The number of hydrogen-bond donors (Lipinski definition) is 1. The van der Waals surface area contributed by atoms with Crippen LogP contribution in [0.15, 0.2) is 30.3 Å². The van der Waals surface area contributed by atoms with Crippen LogP contribution in [0.25, 0.3) is 11.4 Å². The van der Waals surface area contributed by atoms with Gasteiger partial charge in [-0.25, -0.2) is 9.97 Å². The average molecular weight is 303 g/mol. The normalized spacial score (nSPS) is 14.5. The van der Waals surface area contributed by atoms with Gasteiger partial charge in [0.2, 0.25) is 0 Å². The summed E-state index contributed by atoms with van der Waals surface area (Å²) < 4.78 is 2.15. The number of hydrogen-bond acceptors (Lipinski definition) is 5. The van der Waals surface area contributed by atoms with Gasteiger partial charge in [-0.05, 0) is 4.64 Å². The van der Waals surface area contributed by atoms with Gasteiger partial charge in [-0.1, -0.05) is 41.9 Å². The summed E-state index contributed by atoms with van der Waals surface area (Å²) in [5.41, 5.74) is 4.04. The molecule has 0 amide bonds. The number of halogens is 3. The van der Waals surface area contributed by atoms with E-state index < -0.39 is 0 Å². The fourth-order valence-corrected chi connectivity index (χ4v) is 2.25. The molecule has 92 valence electrons. The molecule has 0 aliphatic carbocycles. The molecule has 0 unspecified atom stereocenters. The fraction of sp³-hybridized carbons (Fsp3) is 0. The summed E-state index contributed by atoms with van der Waals surface area (Å²) in [5, 5.41) is 0.226. The SMILES string of the molecule is Clc1nc(-c2ccccc2)nc2c1N(Cl)N(Cl)N2. The highest BCUT2D eigenvalue weighted by Gasteiger charge is 2.30. The highest BCUT2D eigenvalue weighted by atomic mass is 35.5. The number of hydrazine groups is 2. The summed E-state index contributed by atoms with van der Waals surface area (Å²) in [7, 11) is 0. The minimum absolute atomic E-state index is 0.226. The number of nitrogens with zero attached hydrogens (tertiary/aromatic N) is 4. The van der Waals surface area contributed by atoms with Crippen LogP contribution in [0.2, 0.25) is 5.15 Å². The lowest BCUT2D eigenvalue weighted by Crippen LogP contribution is -2.25. The maximum atomic E-state index is 6.08. The lowest BCUT2D eigenvalue weighted by molar-refractivity contribution is 0.612. The molecule has 0 bridgehead atoms. The molecule has 2 heterocycles. The van der Waals surface area contributed by atoms with Crippen molar-refractivity contribution in [3.63, 3.8) is 0 Å². The molecule has 1 aromatic heterocycles. The molecule has 18 heavy (non-hydrogen) atoms. The Hall–Kier alpha value is -1.27. The Morgan fingerprint density at radius 1 is 1.06 bits per heavy atom. The second kappa shape index (κ2) is 4.44. The fourth-order valence-electron chi connectivity index (χ4n) is 1.60. The monoisotopic (exact) mass is 301 g/mol. The van der Waals surface area contributed by atoms with Crippen LogP contribution in [0.5, 0.6) is 0 Å². The molecule has 0 fully saturated rings. The van der Waals surface area contributed by atoms with Crippen molar-refractivity contribution in [3.8, 4) is 11.4 Å². The van der Waals surface area contributed by atoms with Crippen LogP contribution < -0.4 is 9.95 Å². The molecule has 0 saturated heterocycles. The van der Waals surface area contributed by atoms with E-state index in [1.54, 1.807) is 0 Å². The summed E-state index contributed by atoms with van der Waals surface area (Å²) in [6.07, 6.45) is 0.